The first kappa shape index (κ1) is 17.1. The third-order valence-electron chi connectivity index (χ3n) is 6.36. The Bertz CT molecular complexity index is 264. The van der Waals surface area contributed by atoms with Crippen LogP contribution >= 0.6 is 0 Å². The summed E-state index contributed by atoms with van der Waals surface area (Å²) in [5.74, 6) is 4.03. The molecule has 2 aliphatic carbocycles. The van der Waals surface area contributed by atoms with Crippen molar-refractivity contribution in [1.29, 1.82) is 0 Å². The maximum atomic E-state index is 3.95. The zero-order valence-corrected chi connectivity index (χ0v) is 14.5. The largest absolute Gasteiger partial charge is 0.103 e. The van der Waals surface area contributed by atoms with E-state index in [1.807, 2.05) is 0 Å². The fourth-order valence-corrected chi connectivity index (χ4v) is 4.80. The van der Waals surface area contributed by atoms with E-state index in [0.29, 0.717) is 0 Å². The van der Waals surface area contributed by atoms with Crippen LogP contribution in [0.25, 0.3) is 0 Å². The molecule has 0 radical (unpaired) electrons. The van der Waals surface area contributed by atoms with Crippen molar-refractivity contribution in [2.45, 2.75) is 96.8 Å². The Morgan fingerprint density at radius 2 is 1.14 bits per heavy atom. The molecule has 2 aliphatic rings. The first-order valence-electron chi connectivity index (χ1n) is 9.94. The Balaban J connectivity index is 1.48. The third kappa shape index (κ3) is 6.17. The summed E-state index contributed by atoms with van der Waals surface area (Å²) in [6.07, 6.45) is 23.0. The maximum absolute atomic E-state index is 3.95. The van der Waals surface area contributed by atoms with Crippen LogP contribution in [0.15, 0.2) is 12.7 Å². The van der Waals surface area contributed by atoms with Gasteiger partial charge in [-0.05, 0) is 49.4 Å². The van der Waals surface area contributed by atoms with E-state index in [-0.39, 0.29) is 0 Å². The van der Waals surface area contributed by atoms with E-state index >= 15 is 0 Å². The molecule has 0 aromatic rings. The zero-order chi connectivity index (χ0) is 14.9. The van der Waals surface area contributed by atoms with Gasteiger partial charge in [0, 0.05) is 0 Å². The fraction of sp³-hybridized carbons (Fsp3) is 0.905. The normalized spacial score (nSPS) is 33.8. The number of allylic oxidation sites excluding steroid dienone is 1. The number of hydrogen-bond acceptors (Lipinski definition) is 0. The Kier molecular flexibility index (Phi) is 7.89. The van der Waals surface area contributed by atoms with Gasteiger partial charge in [-0.25, -0.2) is 0 Å². The second-order valence-corrected chi connectivity index (χ2v) is 7.98. The highest BCUT2D eigenvalue weighted by molar-refractivity contribution is 4.84. The molecule has 0 aromatic carbocycles. The molecular weight excluding hydrogens is 252 g/mol. The number of rotatable bonds is 8. The summed E-state index contributed by atoms with van der Waals surface area (Å²) in [7, 11) is 0. The van der Waals surface area contributed by atoms with Crippen molar-refractivity contribution < 1.29 is 0 Å². The fourth-order valence-electron chi connectivity index (χ4n) is 4.80. The molecule has 0 bridgehead atoms. The van der Waals surface area contributed by atoms with Crippen LogP contribution in [0.4, 0.5) is 0 Å². The summed E-state index contributed by atoms with van der Waals surface area (Å²) in [4.78, 5) is 0. The van der Waals surface area contributed by atoms with Gasteiger partial charge in [0.05, 0.1) is 0 Å². The van der Waals surface area contributed by atoms with E-state index in [1.54, 1.807) is 0 Å². The Morgan fingerprint density at radius 1 is 0.714 bits per heavy atom. The molecule has 0 aromatic heterocycles. The minimum Gasteiger partial charge on any atom is -0.103 e. The van der Waals surface area contributed by atoms with Crippen LogP contribution in [0.2, 0.25) is 0 Å². The van der Waals surface area contributed by atoms with Gasteiger partial charge in [0.15, 0.2) is 0 Å². The van der Waals surface area contributed by atoms with Gasteiger partial charge in [0.2, 0.25) is 0 Å². The van der Waals surface area contributed by atoms with Crippen molar-refractivity contribution >= 4 is 0 Å². The summed E-state index contributed by atoms with van der Waals surface area (Å²) in [6.45, 7) is 6.30. The maximum Gasteiger partial charge on any atom is -0.0236 e. The molecule has 0 nitrogen and oxygen atoms in total. The first-order valence-corrected chi connectivity index (χ1v) is 9.94. The predicted octanol–water partition coefficient (Wildman–Crippen LogP) is 7.15. The summed E-state index contributed by atoms with van der Waals surface area (Å²) in [6, 6.07) is 0. The molecule has 0 N–H and O–H groups in total. The van der Waals surface area contributed by atoms with Crippen LogP contribution in [0, 0.1) is 23.7 Å². The Morgan fingerprint density at radius 3 is 1.57 bits per heavy atom. The van der Waals surface area contributed by atoms with Crippen molar-refractivity contribution in [1.82, 2.24) is 0 Å². The average Bonchev–Trinajstić information content (AvgIpc) is 2.54. The number of unbranched alkanes of at least 4 members (excludes halogenated alkanes) is 1. The van der Waals surface area contributed by atoms with E-state index in [0.717, 1.165) is 23.7 Å². The van der Waals surface area contributed by atoms with Crippen molar-refractivity contribution in [3.05, 3.63) is 12.7 Å². The minimum absolute atomic E-state index is 0.833. The van der Waals surface area contributed by atoms with Crippen molar-refractivity contribution in [3.8, 4) is 0 Å². The molecule has 0 heterocycles. The lowest BCUT2D eigenvalue weighted by atomic mass is 9.77. The summed E-state index contributed by atoms with van der Waals surface area (Å²) < 4.78 is 0. The summed E-state index contributed by atoms with van der Waals surface area (Å²) >= 11 is 0. The van der Waals surface area contributed by atoms with Crippen LogP contribution in [-0.4, -0.2) is 0 Å². The van der Waals surface area contributed by atoms with Crippen LogP contribution in [0.1, 0.15) is 96.8 Å². The first-order chi connectivity index (χ1) is 10.3. The van der Waals surface area contributed by atoms with Gasteiger partial charge in [-0.1, -0.05) is 77.2 Å². The van der Waals surface area contributed by atoms with E-state index in [1.165, 1.54) is 89.9 Å². The van der Waals surface area contributed by atoms with Crippen molar-refractivity contribution in [2.24, 2.45) is 23.7 Å². The molecule has 122 valence electrons. The molecule has 0 spiro atoms. The highest BCUT2D eigenvalue weighted by atomic mass is 14.3. The van der Waals surface area contributed by atoms with Gasteiger partial charge in [0.1, 0.15) is 0 Å². The zero-order valence-electron chi connectivity index (χ0n) is 14.5. The summed E-state index contributed by atoms with van der Waals surface area (Å²) in [5, 5.41) is 0. The van der Waals surface area contributed by atoms with Crippen LogP contribution < -0.4 is 0 Å². The van der Waals surface area contributed by atoms with E-state index in [2.05, 4.69) is 19.6 Å². The minimum atomic E-state index is 0.833. The second kappa shape index (κ2) is 9.70. The van der Waals surface area contributed by atoms with E-state index in [9.17, 15) is 0 Å². The van der Waals surface area contributed by atoms with Crippen LogP contribution in [0.3, 0.4) is 0 Å². The Hall–Kier alpha value is -0.260. The van der Waals surface area contributed by atoms with Crippen molar-refractivity contribution in [2.75, 3.05) is 0 Å². The molecule has 21 heavy (non-hydrogen) atoms. The molecule has 0 unspecified atom stereocenters. The standard InChI is InChI=1S/C21H38/c1-3-7-19-14-16-21(17-15-19)9-6-5-8-20-12-10-18(4-2)11-13-20/h4,18-21H,2-3,5-17H2,1H3. The lowest BCUT2D eigenvalue weighted by molar-refractivity contribution is 0.242. The highest BCUT2D eigenvalue weighted by Crippen LogP contribution is 2.35. The van der Waals surface area contributed by atoms with Gasteiger partial charge in [0.25, 0.3) is 0 Å². The quantitative estimate of drug-likeness (QED) is 0.329. The summed E-state index contributed by atoms with van der Waals surface area (Å²) in [5.41, 5.74) is 0. The third-order valence-corrected chi connectivity index (χ3v) is 6.36. The lowest BCUT2D eigenvalue weighted by Crippen LogP contribution is -2.15. The lowest BCUT2D eigenvalue weighted by Gasteiger charge is -2.29. The van der Waals surface area contributed by atoms with Gasteiger partial charge in [-0.3, -0.25) is 0 Å². The topological polar surface area (TPSA) is 0 Å². The van der Waals surface area contributed by atoms with Crippen LogP contribution in [-0.2, 0) is 0 Å². The molecule has 0 heteroatoms. The van der Waals surface area contributed by atoms with Gasteiger partial charge >= 0.3 is 0 Å². The van der Waals surface area contributed by atoms with E-state index < -0.39 is 0 Å². The second-order valence-electron chi connectivity index (χ2n) is 7.98. The predicted molar refractivity (Wildman–Crippen MR) is 94.5 cm³/mol. The number of hydrogen-bond donors (Lipinski definition) is 0. The smallest absolute Gasteiger partial charge is 0.0236 e. The highest BCUT2D eigenvalue weighted by Gasteiger charge is 2.21. The molecular formula is C21H38. The van der Waals surface area contributed by atoms with Crippen molar-refractivity contribution in [3.63, 3.8) is 0 Å². The molecule has 2 rings (SSSR count). The SMILES string of the molecule is C=CC1CCC(CCCCC2CCC(CCC)CC2)CC1. The van der Waals surface area contributed by atoms with Gasteiger partial charge in [-0.2, -0.15) is 0 Å². The molecule has 0 aliphatic heterocycles. The monoisotopic (exact) mass is 290 g/mol. The molecule has 0 atom stereocenters. The molecule has 2 fully saturated rings. The Labute approximate surface area is 133 Å². The molecule has 0 saturated heterocycles. The average molecular weight is 291 g/mol. The van der Waals surface area contributed by atoms with Crippen LogP contribution in [0.5, 0.6) is 0 Å². The van der Waals surface area contributed by atoms with Gasteiger partial charge < -0.3 is 0 Å². The van der Waals surface area contributed by atoms with Gasteiger partial charge in [-0.15, -0.1) is 6.58 Å². The molecule has 0 amide bonds. The molecule has 2 saturated carbocycles. The van der Waals surface area contributed by atoms with E-state index in [4.69, 9.17) is 0 Å².